The Kier molecular flexibility index (Phi) is 15.9. The van der Waals surface area contributed by atoms with Crippen LogP contribution in [0.15, 0.2) is 126 Å². The molecule has 6 rings (SSSR count). The number of thioether (sulfide) groups is 1. The molecule has 0 amide bonds. The second-order valence-electron chi connectivity index (χ2n) is 13.2. The van der Waals surface area contributed by atoms with E-state index in [0.29, 0.717) is 19.8 Å². The molecule has 11 heteroatoms. The van der Waals surface area contributed by atoms with E-state index in [1.165, 1.54) is 0 Å². The van der Waals surface area contributed by atoms with Gasteiger partial charge in [-0.2, -0.15) is 0 Å². The second-order valence-corrected chi connectivity index (χ2v) is 14.4. The molecule has 0 spiro atoms. The van der Waals surface area contributed by atoms with Gasteiger partial charge in [-0.3, -0.25) is 0 Å². The molecule has 290 valence electrons. The zero-order chi connectivity index (χ0) is 37.5. The average molecular weight is 761 g/mol. The number of hydrogen-bond acceptors (Lipinski definition) is 11. The largest absolute Gasteiger partial charge is 0.382 e. The maximum Gasteiger partial charge on any atom is 0.187 e. The van der Waals surface area contributed by atoms with Crippen molar-refractivity contribution in [3.05, 3.63) is 138 Å². The van der Waals surface area contributed by atoms with Gasteiger partial charge in [-0.05, 0) is 28.8 Å². The van der Waals surface area contributed by atoms with Gasteiger partial charge in [-0.25, -0.2) is 0 Å². The van der Waals surface area contributed by atoms with Crippen LogP contribution in [0, 0.1) is 0 Å². The van der Waals surface area contributed by atoms with E-state index in [-0.39, 0.29) is 13.2 Å². The molecule has 10 nitrogen and oxygen atoms in total. The lowest BCUT2D eigenvalue weighted by Gasteiger charge is -2.47. The Morgan fingerprint density at radius 1 is 0.444 bits per heavy atom. The van der Waals surface area contributed by atoms with E-state index >= 15 is 0 Å². The lowest BCUT2D eigenvalue weighted by atomic mass is 9.97. The van der Waals surface area contributed by atoms with Gasteiger partial charge in [0.05, 0.1) is 33.0 Å². The molecule has 2 aliphatic rings. The normalized spacial score (nSPS) is 28.5. The van der Waals surface area contributed by atoms with Crippen LogP contribution in [0.1, 0.15) is 16.7 Å². The summed E-state index contributed by atoms with van der Waals surface area (Å²) in [6, 6.07) is 40.5. The predicted octanol–water partition coefficient (Wildman–Crippen LogP) is 6.69. The molecule has 0 unspecified atom stereocenters. The monoisotopic (exact) mass is 760 g/mol. The maximum absolute atomic E-state index is 7.04. The number of benzene rings is 4. The van der Waals surface area contributed by atoms with Crippen molar-refractivity contribution in [3.63, 3.8) is 0 Å². The third-order valence-electron chi connectivity index (χ3n) is 9.61. The topological polar surface area (TPSA) is 92.3 Å². The van der Waals surface area contributed by atoms with Crippen molar-refractivity contribution >= 4 is 11.8 Å². The fraction of sp³-hybridized carbons (Fsp3) is 0.442. The van der Waals surface area contributed by atoms with Gasteiger partial charge in [-0.15, -0.1) is 0 Å². The average Bonchev–Trinajstić information content (AvgIpc) is 3.22. The molecule has 0 saturated carbocycles. The molecule has 2 saturated heterocycles. The zero-order valence-corrected chi connectivity index (χ0v) is 32.2. The van der Waals surface area contributed by atoms with E-state index in [1.807, 2.05) is 84.9 Å². The van der Waals surface area contributed by atoms with Gasteiger partial charge in [0.2, 0.25) is 0 Å². The van der Waals surface area contributed by atoms with Gasteiger partial charge in [0.1, 0.15) is 54.3 Å². The van der Waals surface area contributed by atoms with Crippen LogP contribution in [0.2, 0.25) is 0 Å². The van der Waals surface area contributed by atoms with E-state index < -0.39 is 60.6 Å². The lowest BCUT2D eigenvalue weighted by molar-refractivity contribution is -0.325. The Morgan fingerprint density at radius 2 is 0.907 bits per heavy atom. The Labute approximate surface area is 323 Å². The van der Waals surface area contributed by atoms with Crippen molar-refractivity contribution < 1.29 is 47.4 Å². The van der Waals surface area contributed by atoms with Crippen LogP contribution in [-0.4, -0.2) is 102 Å². The zero-order valence-electron chi connectivity index (χ0n) is 31.3. The highest BCUT2D eigenvalue weighted by atomic mass is 32.2. The summed E-state index contributed by atoms with van der Waals surface area (Å²) < 4.78 is 63.8. The summed E-state index contributed by atoms with van der Waals surface area (Å²) in [7, 11) is 6.48. The fourth-order valence-electron chi connectivity index (χ4n) is 6.91. The fourth-order valence-corrected chi connectivity index (χ4v) is 8.06. The molecular weight excluding hydrogens is 709 g/mol. The van der Waals surface area contributed by atoms with Crippen molar-refractivity contribution in [3.8, 4) is 0 Å². The standard InChI is InChI=1S/C43H52O10S/c1-44-28-34-36(45-2)38(46-3)40(47-4)42(52-34)51-29-35-37(48-25-30-17-9-5-10-18-30)39(49-26-31-19-11-6-12-20-31)41(50-27-32-21-13-7-14-22-32)43(53-35)54-33-23-15-8-16-24-33/h5-24,34-43H,25-29H2,1-4H3/t34-,35-,36-,37-,38+,39+,40-,41-,42-,43+/m1/s1. The first-order valence-corrected chi connectivity index (χ1v) is 19.2. The molecule has 54 heavy (non-hydrogen) atoms. The first-order valence-electron chi connectivity index (χ1n) is 18.3. The number of rotatable bonds is 19. The first-order chi connectivity index (χ1) is 26.6. The van der Waals surface area contributed by atoms with Crippen LogP contribution in [-0.2, 0) is 67.2 Å². The van der Waals surface area contributed by atoms with Crippen LogP contribution in [0.5, 0.6) is 0 Å². The summed E-state index contributed by atoms with van der Waals surface area (Å²) in [6.07, 6.45) is -5.08. The van der Waals surface area contributed by atoms with E-state index in [2.05, 4.69) is 36.4 Å². The minimum atomic E-state index is -0.819. The molecule has 0 radical (unpaired) electrons. The highest BCUT2D eigenvalue weighted by Crippen LogP contribution is 2.39. The van der Waals surface area contributed by atoms with Gasteiger partial charge >= 0.3 is 0 Å². The highest BCUT2D eigenvalue weighted by Gasteiger charge is 2.51. The van der Waals surface area contributed by atoms with Gasteiger partial charge in [-0.1, -0.05) is 121 Å². The SMILES string of the molecule is COC[C@H]1O[C@@H](OC[C@H]2O[C@@H](Sc3ccccc3)[C@H](OCc3ccccc3)[C@@H](OCc3ccccc3)[C@@H]2OCc2ccccc2)[C@H](OC)[C@@H](OC)[C@@H]1OC. The van der Waals surface area contributed by atoms with Crippen molar-refractivity contribution in [1.82, 2.24) is 0 Å². The van der Waals surface area contributed by atoms with Crippen molar-refractivity contribution in [2.75, 3.05) is 41.7 Å². The Hall–Kier alpha value is -3.17. The first kappa shape index (κ1) is 40.5. The van der Waals surface area contributed by atoms with Crippen molar-refractivity contribution in [2.45, 2.75) is 85.3 Å². The summed E-state index contributed by atoms with van der Waals surface area (Å²) in [5.74, 6) is 0. The Morgan fingerprint density at radius 3 is 1.41 bits per heavy atom. The molecule has 0 N–H and O–H groups in total. The van der Waals surface area contributed by atoms with Gasteiger partial charge in [0, 0.05) is 33.3 Å². The molecule has 2 fully saturated rings. The van der Waals surface area contributed by atoms with Crippen LogP contribution in [0.3, 0.4) is 0 Å². The van der Waals surface area contributed by atoms with E-state index in [0.717, 1.165) is 21.6 Å². The quantitative estimate of drug-likeness (QED) is 0.102. The van der Waals surface area contributed by atoms with Gasteiger partial charge in [0.25, 0.3) is 0 Å². The molecule has 2 aliphatic heterocycles. The number of ether oxygens (including phenoxy) is 10. The smallest absolute Gasteiger partial charge is 0.187 e. The van der Waals surface area contributed by atoms with E-state index in [9.17, 15) is 0 Å². The predicted molar refractivity (Wildman–Crippen MR) is 205 cm³/mol. The summed E-state index contributed by atoms with van der Waals surface area (Å²) >= 11 is 1.59. The molecule has 0 bridgehead atoms. The summed E-state index contributed by atoms with van der Waals surface area (Å²) in [5, 5.41) is 0. The molecular formula is C43H52O10S. The molecule has 0 aromatic heterocycles. The minimum Gasteiger partial charge on any atom is -0.382 e. The molecule has 4 aromatic carbocycles. The third kappa shape index (κ3) is 10.8. The second kappa shape index (κ2) is 21.2. The van der Waals surface area contributed by atoms with Crippen molar-refractivity contribution in [1.29, 1.82) is 0 Å². The maximum atomic E-state index is 7.04. The van der Waals surface area contributed by atoms with Gasteiger partial charge in [0.15, 0.2) is 6.29 Å². The summed E-state index contributed by atoms with van der Waals surface area (Å²) in [5.41, 5.74) is 2.61. The Balaban J connectivity index is 1.34. The van der Waals surface area contributed by atoms with Crippen LogP contribution < -0.4 is 0 Å². The van der Waals surface area contributed by atoms with Crippen molar-refractivity contribution in [2.24, 2.45) is 0 Å². The number of methoxy groups -OCH3 is 4. The third-order valence-corrected chi connectivity index (χ3v) is 10.8. The number of hydrogen-bond donors (Lipinski definition) is 0. The summed E-state index contributed by atoms with van der Waals surface area (Å²) in [6.45, 7) is 1.42. The Bertz CT molecular complexity index is 1600. The molecule has 2 heterocycles. The van der Waals surface area contributed by atoms with Crippen LogP contribution in [0.4, 0.5) is 0 Å². The molecule has 10 atom stereocenters. The van der Waals surface area contributed by atoms with E-state index in [4.69, 9.17) is 47.4 Å². The summed E-state index contributed by atoms with van der Waals surface area (Å²) in [4.78, 5) is 1.03. The highest BCUT2D eigenvalue weighted by molar-refractivity contribution is 7.99. The molecule has 0 aliphatic carbocycles. The minimum absolute atomic E-state index is 0.0974. The lowest BCUT2D eigenvalue weighted by Crippen LogP contribution is -2.63. The van der Waals surface area contributed by atoms with Crippen LogP contribution >= 0.6 is 11.8 Å². The van der Waals surface area contributed by atoms with Crippen LogP contribution in [0.25, 0.3) is 0 Å². The van der Waals surface area contributed by atoms with E-state index in [1.54, 1.807) is 40.2 Å². The molecule has 4 aromatic rings. The van der Waals surface area contributed by atoms with Gasteiger partial charge < -0.3 is 47.4 Å².